The lowest BCUT2D eigenvalue weighted by atomic mass is 9.97. The molecular weight excluding hydrogens is 426 g/mol. The molecule has 2 aromatic rings. The van der Waals surface area contributed by atoms with Gasteiger partial charge in [-0.3, -0.25) is 4.79 Å². The summed E-state index contributed by atoms with van der Waals surface area (Å²) in [4.78, 5) is 26.9. The quantitative estimate of drug-likeness (QED) is 0.382. The summed E-state index contributed by atoms with van der Waals surface area (Å²) in [6.45, 7) is 3.77. The number of carbonyl (C=O) groups excluding carboxylic acids is 2. The van der Waals surface area contributed by atoms with Crippen molar-refractivity contribution in [1.29, 1.82) is 0 Å². The number of benzene rings is 2. The zero-order chi connectivity index (χ0) is 21.5. The van der Waals surface area contributed by atoms with E-state index < -0.39 is 44.3 Å². The topological polar surface area (TPSA) is 90.0 Å². The van der Waals surface area contributed by atoms with Crippen LogP contribution in [0.1, 0.15) is 19.4 Å². The predicted octanol–water partition coefficient (Wildman–Crippen LogP) is 2.57. The van der Waals surface area contributed by atoms with Gasteiger partial charge in [0, 0.05) is 4.75 Å². The van der Waals surface area contributed by atoms with Gasteiger partial charge in [-0.2, -0.15) is 8.42 Å². The van der Waals surface area contributed by atoms with Crippen LogP contribution in [0.2, 0.25) is 0 Å². The summed E-state index contributed by atoms with van der Waals surface area (Å²) in [5.41, 5.74) is 0.843. The van der Waals surface area contributed by atoms with E-state index in [1.54, 1.807) is 18.2 Å². The van der Waals surface area contributed by atoms with E-state index in [-0.39, 0.29) is 11.5 Å². The molecule has 2 heterocycles. The maximum atomic E-state index is 12.8. The van der Waals surface area contributed by atoms with Crippen molar-refractivity contribution in [2.24, 2.45) is 0 Å². The molecule has 0 spiro atoms. The molecule has 2 aliphatic rings. The van der Waals surface area contributed by atoms with E-state index in [9.17, 15) is 18.0 Å². The standard InChI is InChI=1S/C21H21NO6S2/c1-21(2)17(20(24)27-13-14-9-5-3-6-10-14)22-18(23)16(19(22)29-21)28-30(25,26)15-11-7-4-8-12-15/h3-12,16-17,19H,13H2,1-2H3/t16-,17+,19-/m1/s1. The fourth-order valence-electron chi connectivity index (χ4n) is 3.63. The fraction of sp³-hybridized carbons (Fsp3) is 0.333. The molecule has 30 heavy (non-hydrogen) atoms. The first-order chi connectivity index (χ1) is 14.2. The molecule has 0 N–H and O–H groups in total. The van der Waals surface area contributed by atoms with Gasteiger partial charge < -0.3 is 9.64 Å². The summed E-state index contributed by atoms with van der Waals surface area (Å²) < 4.78 is 35.1. The van der Waals surface area contributed by atoms with Crippen molar-refractivity contribution in [3.63, 3.8) is 0 Å². The van der Waals surface area contributed by atoms with Crippen LogP contribution in [0.5, 0.6) is 0 Å². The first kappa shape index (κ1) is 20.9. The average Bonchev–Trinajstić information content (AvgIpc) is 3.00. The number of carbonyl (C=O) groups is 2. The molecule has 0 unspecified atom stereocenters. The minimum absolute atomic E-state index is 0.0164. The van der Waals surface area contributed by atoms with Crippen molar-refractivity contribution in [1.82, 2.24) is 4.90 Å². The molecule has 0 aliphatic carbocycles. The highest BCUT2D eigenvalue weighted by Crippen LogP contribution is 2.52. The highest BCUT2D eigenvalue weighted by atomic mass is 32.2. The number of thioether (sulfide) groups is 1. The molecule has 3 atom stereocenters. The first-order valence-electron chi connectivity index (χ1n) is 9.39. The summed E-state index contributed by atoms with van der Waals surface area (Å²) in [5.74, 6) is -1.05. The third-order valence-corrected chi connectivity index (χ3v) is 7.96. The number of hydrogen-bond donors (Lipinski definition) is 0. The molecule has 2 saturated heterocycles. The van der Waals surface area contributed by atoms with Crippen molar-refractivity contribution in [2.45, 2.75) is 47.6 Å². The number of hydrogen-bond acceptors (Lipinski definition) is 7. The van der Waals surface area contributed by atoms with E-state index in [1.807, 2.05) is 44.2 Å². The second-order valence-corrected chi connectivity index (χ2v) is 11.0. The molecule has 4 rings (SSSR count). The van der Waals surface area contributed by atoms with Crippen molar-refractivity contribution in [2.75, 3.05) is 0 Å². The Balaban J connectivity index is 1.47. The molecule has 0 aromatic heterocycles. The summed E-state index contributed by atoms with van der Waals surface area (Å²) in [5, 5.41) is -0.569. The molecule has 0 radical (unpaired) electrons. The van der Waals surface area contributed by atoms with Gasteiger partial charge in [0.05, 0.1) is 4.90 Å². The Kier molecular flexibility index (Phi) is 5.37. The normalized spacial score (nSPS) is 24.8. The molecule has 158 valence electrons. The van der Waals surface area contributed by atoms with Crippen LogP contribution in [0.4, 0.5) is 0 Å². The van der Waals surface area contributed by atoms with Gasteiger partial charge in [-0.1, -0.05) is 48.5 Å². The van der Waals surface area contributed by atoms with E-state index in [4.69, 9.17) is 8.92 Å². The number of nitrogens with zero attached hydrogens (tertiary/aromatic N) is 1. The molecular formula is C21H21NO6S2. The fourth-order valence-corrected chi connectivity index (χ4v) is 6.36. The van der Waals surface area contributed by atoms with E-state index in [2.05, 4.69) is 0 Å². The molecule has 0 saturated carbocycles. The zero-order valence-electron chi connectivity index (χ0n) is 16.4. The van der Waals surface area contributed by atoms with Crippen LogP contribution in [0.3, 0.4) is 0 Å². The van der Waals surface area contributed by atoms with Crippen LogP contribution in [-0.2, 0) is 35.2 Å². The number of rotatable bonds is 6. The van der Waals surface area contributed by atoms with Crippen LogP contribution in [0.15, 0.2) is 65.6 Å². The number of fused-ring (bicyclic) bond motifs is 1. The molecule has 0 bridgehead atoms. The highest BCUT2D eigenvalue weighted by Gasteiger charge is 2.65. The lowest BCUT2D eigenvalue weighted by Crippen LogP contribution is -2.66. The van der Waals surface area contributed by atoms with E-state index in [0.717, 1.165) is 5.56 Å². The average molecular weight is 448 g/mol. The lowest BCUT2D eigenvalue weighted by Gasteiger charge is -2.42. The Labute approximate surface area is 179 Å². The predicted molar refractivity (Wildman–Crippen MR) is 111 cm³/mol. The van der Waals surface area contributed by atoms with E-state index in [1.165, 1.54) is 28.8 Å². The van der Waals surface area contributed by atoms with Gasteiger partial charge in [0.2, 0.25) is 0 Å². The molecule has 2 aliphatic heterocycles. The first-order valence-corrected chi connectivity index (χ1v) is 11.7. The van der Waals surface area contributed by atoms with Gasteiger partial charge >= 0.3 is 5.97 Å². The molecule has 2 aromatic carbocycles. The summed E-state index contributed by atoms with van der Waals surface area (Å²) in [6, 6.07) is 16.1. The van der Waals surface area contributed by atoms with Gasteiger partial charge in [0.1, 0.15) is 18.0 Å². The Morgan fingerprint density at radius 3 is 2.30 bits per heavy atom. The van der Waals surface area contributed by atoms with Gasteiger partial charge in [-0.15, -0.1) is 11.8 Å². The SMILES string of the molecule is CC1(C)S[C@@H]2[C@H](OS(=O)(=O)c3ccccc3)C(=O)N2[C@H]1C(=O)OCc1ccccc1. The number of esters is 1. The summed E-state index contributed by atoms with van der Waals surface area (Å²) >= 11 is 1.34. The zero-order valence-corrected chi connectivity index (χ0v) is 18.1. The Morgan fingerprint density at radius 2 is 1.67 bits per heavy atom. The minimum atomic E-state index is -4.09. The highest BCUT2D eigenvalue weighted by molar-refractivity contribution is 8.01. The smallest absolute Gasteiger partial charge is 0.330 e. The van der Waals surface area contributed by atoms with Gasteiger partial charge in [-0.05, 0) is 31.5 Å². The summed E-state index contributed by atoms with van der Waals surface area (Å²) in [6.07, 6.45) is -1.16. The van der Waals surface area contributed by atoms with Gasteiger partial charge in [-0.25, -0.2) is 8.98 Å². The number of β-lactam (4-membered cyclic amide) rings is 1. The largest absolute Gasteiger partial charge is 0.459 e. The van der Waals surface area contributed by atoms with Crippen molar-refractivity contribution in [3.8, 4) is 0 Å². The van der Waals surface area contributed by atoms with E-state index >= 15 is 0 Å². The third kappa shape index (κ3) is 3.73. The Bertz CT molecular complexity index is 1060. The van der Waals surface area contributed by atoms with E-state index in [0.29, 0.717) is 0 Å². The van der Waals surface area contributed by atoms with Crippen LogP contribution < -0.4 is 0 Å². The van der Waals surface area contributed by atoms with Gasteiger partial charge in [0.15, 0.2) is 6.10 Å². The van der Waals surface area contributed by atoms with Crippen molar-refractivity contribution in [3.05, 3.63) is 66.2 Å². The van der Waals surface area contributed by atoms with Crippen molar-refractivity contribution >= 4 is 33.8 Å². The van der Waals surface area contributed by atoms with Crippen molar-refractivity contribution < 1.29 is 26.9 Å². The number of amides is 1. The Hall–Kier alpha value is -2.36. The molecule has 9 heteroatoms. The second-order valence-electron chi connectivity index (χ2n) is 7.64. The molecule has 1 amide bonds. The summed E-state index contributed by atoms with van der Waals surface area (Å²) in [7, 11) is -4.09. The Morgan fingerprint density at radius 1 is 1.07 bits per heavy atom. The van der Waals surface area contributed by atoms with Gasteiger partial charge in [0.25, 0.3) is 16.0 Å². The van der Waals surface area contributed by atoms with Crippen LogP contribution in [-0.4, -0.2) is 47.5 Å². The second kappa shape index (κ2) is 7.72. The minimum Gasteiger partial charge on any atom is -0.459 e. The lowest BCUT2D eigenvalue weighted by molar-refractivity contribution is -0.170. The third-order valence-electron chi connectivity index (χ3n) is 5.10. The maximum absolute atomic E-state index is 12.8. The number of ether oxygens (including phenoxy) is 1. The van der Waals surface area contributed by atoms with Crippen LogP contribution in [0, 0.1) is 0 Å². The van der Waals surface area contributed by atoms with Crippen LogP contribution in [0.25, 0.3) is 0 Å². The monoisotopic (exact) mass is 447 g/mol. The maximum Gasteiger partial charge on any atom is 0.330 e. The molecule has 7 nitrogen and oxygen atoms in total. The molecule has 2 fully saturated rings. The van der Waals surface area contributed by atoms with Crippen LogP contribution >= 0.6 is 11.8 Å².